The van der Waals surface area contributed by atoms with E-state index in [9.17, 15) is 4.79 Å². The van der Waals surface area contributed by atoms with Gasteiger partial charge in [-0.05, 0) is 49.7 Å². The first-order valence-corrected chi connectivity index (χ1v) is 8.40. The molecule has 5 heteroatoms. The van der Waals surface area contributed by atoms with Gasteiger partial charge in [-0.25, -0.2) is 4.79 Å². The summed E-state index contributed by atoms with van der Waals surface area (Å²) in [6, 6.07) is 15.4. The first kappa shape index (κ1) is 17.3. The van der Waals surface area contributed by atoms with Crippen LogP contribution >= 0.6 is 15.9 Å². The molecule has 1 N–H and O–H groups in total. The van der Waals surface area contributed by atoms with Gasteiger partial charge in [0.05, 0.1) is 6.54 Å². The molecule has 0 unspecified atom stereocenters. The van der Waals surface area contributed by atoms with Crippen LogP contribution in [-0.4, -0.2) is 25.7 Å². The molecule has 0 radical (unpaired) electrons. The van der Waals surface area contributed by atoms with Crippen molar-refractivity contribution >= 4 is 27.6 Å². The third kappa shape index (κ3) is 5.28. The molecular weight excluding hydrogens is 356 g/mol. The normalized spacial score (nSPS) is 10.2. The standard InChI is InChI=1S/C18H21BrN2O2/c1-3-21(16-8-4-6-14(2)12-16)18(22)20-10-11-23-17-9-5-7-15(19)13-17/h4-9,12-13H,3,10-11H2,1-2H3,(H,20,22). The molecule has 4 nitrogen and oxygen atoms in total. The smallest absolute Gasteiger partial charge is 0.321 e. The summed E-state index contributed by atoms with van der Waals surface area (Å²) in [7, 11) is 0. The van der Waals surface area contributed by atoms with E-state index in [2.05, 4.69) is 21.2 Å². The van der Waals surface area contributed by atoms with Crippen LogP contribution in [0.4, 0.5) is 10.5 Å². The molecule has 2 aromatic rings. The molecule has 2 rings (SSSR count). The average molecular weight is 377 g/mol. The van der Waals surface area contributed by atoms with Crippen molar-refractivity contribution in [1.29, 1.82) is 0 Å². The summed E-state index contributed by atoms with van der Waals surface area (Å²) >= 11 is 3.40. The summed E-state index contributed by atoms with van der Waals surface area (Å²) in [5, 5.41) is 2.89. The highest BCUT2D eigenvalue weighted by Gasteiger charge is 2.13. The molecule has 0 aliphatic carbocycles. The molecule has 0 saturated heterocycles. The molecule has 0 aliphatic rings. The number of hydrogen-bond acceptors (Lipinski definition) is 2. The highest BCUT2D eigenvalue weighted by molar-refractivity contribution is 9.10. The van der Waals surface area contributed by atoms with E-state index in [1.54, 1.807) is 4.90 Å². The lowest BCUT2D eigenvalue weighted by Gasteiger charge is -2.22. The van der Waals surface area contributed by atoms with Crippen LogP contribution in [0.3, 0.4) is 0 Å². The Kier molecular flexibility index (Phi) is 6.47. The van der Waals surface area contributed by atoms with Crippen LogP contribution in [0.5, 0.6) is 5.75 Å². The Morgan fingerprint density at radius 2 is 2.00 bits per heavy atom. The average Bonchev–Trinajstić information content (AvgIpc) is 2.52. The van der Waals surface area contributed by atoms with Gasteiger partial charge in [-0.3, -0.25) is 4.90 Å². The van der Waals surface area contributed by atoms with Crippen molar-refractivity contribution in [1.82, 2.24) is 5.32 Å². The second-order valence-electron chi connectivity index (χ2n) is 5.12. The van der Waals surface area contributed by atoms with Crippen LogP contribution in [0.15, 0.2) is 53.0 Å². The van der Waals surface area contributed by atoms with Crippen LogP contribution in [0.2, 0.25) is 0 Å². The van der Waals surface area contributed by atoms with E-state index >= 15 is 0 Å². The van der Waals surface area contributed by atoms with Crippen LogP contribution in [-0.2, 0) is 0 Å². The summed E-state index contributed by atoms with van der Waals surface area (Å²) in [6.45, 7) is 5.46. The third-order valence-corrected chi connectivity index (χ3v) is 3.81. The summed E-state index contributed by atoms with van der Waals surface area (Å²) in [5.74, 6) is 0.777. The Balaban J connectivity index is 1.83. The van der Waals surface area contributed by atoms with Crippen molar-refractivity contribution in [3.63, 3.8) is 0 Å². The molecule has 0 aliphatic heterocycles. The number of nitrogens with one attached hydrogen (secondary N) is 1. The van der Waals surface area contributed by atoms with Gasteiger partial charge in [-0.1, -0.05) is 34.1 Å². The van der Waals surface area contributed by atoms with Crippen LogP contribution < -0.4 is 15.0 Å². The first-order chi connectivity index (χ1) is 11.1. The number of aryl methyl sites for hydroxylation is 1. The fourth-order valence-corrected chi connectivity index (χ4v) is 2.60. The minimum atomic E-state index is -0.115. The van der Waals surface area contributed by atoms with Gasteiger partial charge in [0.2, 0.25) is 0 Å². The molecule has 2 amide bonds. The number of benzene rings is 2. The van der Waals surface area contributed by atoms with Crippen LogP contribution in [0.1, 0.15) is 12.5 Å². The SMILES string of the molecule is CCN(C(=O)NCCOc1cccc(Br)c1)c1cccc(C)c1. The topological polar surface area (TPSA) is 41.6 Å². The molecule has 2 aromatic carbocycles. The van der Waals surface area contributed by atoms with Crippen molar-refractivity contribution in [3.8, 4) is 5.75 Å². The number of ether oxygens (including phenoxy) is 1. The molecule has 0 saturated carbocycles. The second-order valence-corrected chi connectivity index (χ2v) is 6.04. The van der Waals surface area contributed by atoms with Crippen LogP contribution in [0, 0.1) is 6.92 Å². The van der Waals surface area contributed by atoms with E-state index in [1.807, 2.05) is 62.4 Å². The molecule has 0 atom stereocenters. The Hall–Kier alpha value is -2.01. The number of carbonyl (C=O) groups is 1. The maximum atomic E-state index is 12.3. The van der Waals surface area contributed by atoms with Gasteiger partial charge in [0.1, 0.15) is 12.4 Å². The summed E-state index contributed by atoms with van der Waals surface area (Å²) < 4.78 is 6.58. The van der Waals surface area contributed by atoms with Crippen molar-refractivity contribution in [2.24, 2.45) is 0 Å². The lowest BCUT2D eigenvalue weighted by atomic mass is 10.2. The Morgan fingerprint density at radius 1 is 1.22 bits per heavy atom. The molecule has 23 heavy (non-hydrogen) atoms. The van der Waals surface area contributed by atoms with Gasteiger partial charge in [0.25, 0.3) is 0 Å². The van der Waals surface area contributed by atoms with Gasteiger partial charge in [0, 0.05) is 16.7 Å². The number of hydrogen-bond donors (Lipinski definition) is 1. The Bertz CT molecular complexity index is 661. The number of carbonyl (C=O) groups excluding carboxylic acids is 1. The fraction of sp³-hybridized carbons (Fsp3) is 0.278. The lowest BCUT2D eigenvalue weighted by molar-refractivity contribution is 0.242. The molecule has 122 valence electrons. The van der Waals surface area contributed by atoms with E-state index in [0.29, 0.717) is 19.7 Å². The second kappa shape index (κ2) is 8.58. The molecular formula is C18H21BrN2O2. The number of rotatable bonds is 6. The predicted octanol–water partition coefficient (Wildman–Crippen LogP) is 4.37. The molecule has 0 bridgehead atoms. The third-order valence-electron chi connectivity index (χ3n) is 3.32. The zero-order chi connectivity index (χ0) is 16.7. The van der Waals surface area contributed by atoms with E-state index in [4.69, 9.17) is 4.74 Å². The largest absolute Gasteiger partial charge is 0.492 e. The molecule has 0 heterocycles. The first-order valence-electron chi connectivity index (χ1n) is 7.60. The maximum absolute atomic E-state index is 12.3. The Morgan fingerprint density at radius 3 is 2.70 bits per heavy atom. The predicted molar refractivity (Wildman–Crippen MR) is 97.2 cm³/mol. The summed E-state index contributed by atoms with van der Waals surface area (Å²) in [4.78, 5) is 14.0. The monoisotopic (exact) mass is 376 g/mol. The van der Waals surface area contributed by atoms with Crippen molar-refractivity contribution in [2.45, 2.75) is 13.8 Å². The number of nitrogens with zero attached hydrogens (tertiary/aromatic N) is 1. The molecule has 0 spiro atoms. The zero-order valence-corrected chi connectivity index (χ0v) is 15.0. The van der Waals surface area contributed by atoms with Gasteiger partial charge in [-0.2, -0.15) is 0 Å². The van der Waals surface area contributed by atoms with Crippen molar-refractivity contribution in [3.05, 3.63) is 58.6 Å². The highest BCUT2D eigenvalue weighted by atomic mass is 79.9. The number of anilines is 1. The van der Waals surface area contributed by atoms with Gasteiger partial charge in [-0.15, -0.1) is 0 Å². The van der Waals surface area contributed by atoms with Crippen molar-refractivity contribution < 1.29 is 9.53 Å². The number of urea groups is 1. The summed E-state index contributed by atoms with van der Waals surface area (Å²) in [5.41, 5.74) is 2.03. The molecule has 0 aromatic heterocycles. The highest BCUT2D eigenvalue weighted by Crippen LogP contribution is 2.18. The van der Waals surface area contributed by atoms with Crippen molar-refractivity contribution in [2.75, 3.05) is 24.6 Å². The van der Waals surface area contributed by atoms with E-state index < -0.39 is 0 Å². The van der Waals surface area contributed by atoms with E-state index in [-0.39, 0.29) is 6.03 Å². The minimum Gasteiger partial charge on any atom is -0.492 e. The quantitative estimate of drug-likeness (QED) is 0.760. The molecule has 0 fully saturated rings. The van der Waals surface area contributed by atoms with E-state index in [1.165, 1.54) is 0 Å². The maximum Gasteiger partial charge on any atom is 0.321 e. The summed E-state index contributed by atoms with van der Waals surface area (Å²) in [6.07, 6.45) is 0. The number of amides is 2. The Labute approximate surface area is 145 Å². The van der Waals surface area contributed by atoms with Gasteiger partial charge < -0.3 is 10.1 Å². The fourth-order valence-electron chi connectivity index (χ4n) is 2.22. The van der Waals surface area contributed by atoms with Gasteiger partial charge in [0.15, 0.2) is 0 Å². The minimum absolute atomic E-state index is 0.115. The van der Waals surface area contributed by atoms with E-state index in [0.717, 1.165) is 21.5 Å². The zero-order valence-electron chi connectivity index (χ0n) is 13.4. The van der Waals surface area contributed by atoms with Crippen LogP contribution in [0.25, 0.3) is 0 Å². The lowest BCUT2D eigenvalue weighted by Crippen LogP contribution is -2.41. The number of halogens is 1. The van der Waals surface area contributed by atoms with Gasteiger partial charge >= 0.3 is 6.03 Å².